The van der Waals surface area contributed by atoms with Gasteiger partial charge in [0.1, 0.15) is 0 Å². The molecule has 0 aromatic heterocycles. The van der Waals surface area contributed by atoms with Crippen LogP contribution in [0.4, 0.5) is 11.4 Å². The largest absolute Gasteiger partial charge is 0.367 e. The van der Waals surface area contributed by atoms with Crippen LogP contribution in [0.1, 0.15) is 6.92 Å². The van der Waals surface area contributed by atoms with Crippen LogP contribution in [0, 0.1) is 0 Å². The highest BCUT2D eigenvalue weighted by molar-refractivity contribution is 5.92. The van der Waals surface area contributed by atoms with Gasteiger partial charge >= 0.3 is 0 Å². The number of hydrogen-bond acceptors (Lipinski definition) is 3. The lowest BCUT2D eigenvalue weighted by molar-refractivity contribution is -0.114. The Hall–Kier alpha value is -1.55. The maximum atomic E-state index is 11.1. The summed E-state index contributed by atoms with van der Waals surface area (Å²) < 4.78 is 0. The van der Waals surface area contributed by atoms with Gasteiger partial charge in [-0.05, 0) is 12.1 Å². The summed E-state index contributed by atoms with van der Waals surface area (Å²) in [4.78, 5) is 13.4. The molecule has 1 aromatic carbocycles. The number of para-hydroxylation sites is 2. The van der Waals surface area contributed by atoms with E-state index in [2.05, 4.69) is 21.6 Å². The van der Waals surface area contributed by atoms with Crippen LogP contribution in [0.5, 0.6) is 0 Å². The van der Waals surface area contributed by atoms with Crippen LogP contribution in [0.25, 0.3) is 0 Å². The van der Waals surface area contributed by atoms with Crippen LogP contribution in [0.15, 0.2) is 24.3 Å². The van der Waals surface area contributed by atoms with Crippen molar-refractivity contribution in [2.24, 2.45) is 0 Å². The fraction of sp³-hybridized carbons (Fsp3) is 0.417. The van der Waals surface area contributed by atoms with Gasteiger partial charge in [-0.15, -0.1) is 0 Å². The maximum Gasteiger partial charge on any atom is 0.221 e. The Morgan fingerprint density at radius 2 is 2.00 bits per heavy atom. The van der Waals surface area contributed by atoms with Crippen LogP contribution < -0.4 is 15.5 Å². The van der Waals surface area contributed by atoms with Crippen LogP contribution in [-0.2, 0) is 4.79 Å². The van der Waals surface area contributed by atoms with Crippen LogP contribution in [0.3, 0.4) is 0 Å². The molecule has 0 saturated carbocycles. The summed E-state index contributed by atoms with van der Waals surface area (Å²) in [7, 11) is 0. The van der Waals surface area contributed by atoms with E-state index in [1.807, 2.05) is 18.2 Å². The molecule has 1 aliphatic heterocycles. The first-order valence-corrected chi connectivity index (χ1v) is 5.59. The number of piperazine rings is 1. The van der Waals surface area contributed by atoms with E-state index in [0.717, 1.165) is 37.6 Å². The van der Waals surface area contributed by atoms with Gasteiger partial charge in [0.15, 0.2) is 0 Å². The summed E-state index contributed by atoms with van der Waals surface area (Å²) in [6.45, 7) is 5.49. The van der Waals surface area contributed by atoms with E-state index in [0.29, 0.717) is 0 Å². The van der Waals surface area contributed by atoms with Crippen molar-refractivity contribution in [2.75, 3.05) is 36.4 Å². The second-order valence-electron chi connectivity index (χ2n) is 3.94. The maximum absolute atomic E-state index is 11.1. The van der Waals surface area contributed by atoms with E-state index >= 15 is 0 Å². The van der Waals surface area contributed by atoms with Crippen molar-refractivity contribution in [3.63, 3.8) is 0 Å². The van der Waals surface area contributed by atoms with Crippen molar-refractivity contribution < 1.29 is 4.79 Å². The predicted octanol–water partition coefficient (Wildman–Crippen LogP) is 1.05. The highest BCUT2D eigenvalue weighted by Crippen LogP contribution is 2.25. The molecular formula is C12H17N3O. The molecule has 2 N–H and O–H groups in total. The van der Waals surface area contributed by atoms with Crippen molar-refractivity contribution in [3.05, 3.63) is 24.3 Å². The van der Waals surface area contributed by atoms with Gasteiger partial charge < -0.3 is 15.5 Å². The normalized spacial score (nSPS) is 15.9. The number of anilines is 2. The summed E-state index contributed by atoms with van der Waals surface area (Å²) >= 11 is 0. The number of rotatable bonds is 2. The molecule has 1 aromatic rings. The van der Waals surface area contributed by atoms with Gasteiger partial charge in [0.2, 0.25) is 5.91 Å². The van der Waals surface area contributed by atoms with E-state index < -0.39 is 0 Å². The first kappa shape index (κ1) is 11.0. The molecule has 0 atom stereocenters. The number of hydrogen-bond donors (Lipinski definition) is 2. The number of nitrogens with zero attached hydrogens (tertiary/aromatic N) is 1. The van der Waals surface area contributed by atoms with Crippen molar-refractivity contribution in [3.8, 4) is 0 Å². The standard InChI is InChI=1S/C12H17N3O/c1-10(16)14-11-4-2-3-5-12(11)15-8-6-13-7-9-15/h2-5,13H,6-9H2,1H3,(H,14,16). The Morgan fingerprint density at radius 3 is 2.69 bits per heavy atom. The van der Waals surface area contributed by atoms with Crippen molar-refractivity contribution in [1.82, 2.24) is 5.32 Å². The Labute approximate surface area is 95.6 Å². The Morgan fingerprint density at radius 1 is 1.31 bits per heavy atom. The second kappa shape index (κ2) is 4.99. The minimum atomic E-state index is -0.0254. The van der Waals surface area contributed by atoms with Gasteiger partial charge in [-0.25, -0.2) is 0 Å². The van der Waals surface area contributed by atoms with Gasteiger partial charge in [-0.1, -0.05) is 12.1 Å². The molecule has 0 spiro atoms. The first-order chi connectivity index (χ1) is 7.77. The molecule has 1 fully saturated rings. The molecule has 1 heterocycles. The molecule has 1 aliphatic rings. The molecule has 4 heteroatoms. The molecule has 0 radical (unpaired) electrons. The predicted molar refractivity (Wildman–Crippen MR) is 65.8 cm³/mol. The Balaban J connectivity index is 2.20. The molecule has 4 nitrogen and oxygen atoms in total. The summed E-state index contributed by atoms with van der Waals surface area (Å²) in [6.07, 6.45) is 0. The fourth-order valence-electron chi connectivity index (χ4n) is 1.95. The Kier molecular flexibility index (Phi) is 3.41. The smallest absolute Gasteiger partial charge is 0.221 e. The SMILES string of the molecule is CC(=O)Nc1ccccc1N1CCNCC1. The minimum Gasteiger partial charge on any atom is -0.367 e. The summed E-state index contributed by atoms with van der Waals surface area (Å²) in [5.41, 5.74) is 2.01. The fourth-order valence-corrected chi connectivity index (χ4v) is 1.95. The molecule has 86 valence electrons. The molecule has 0 aliphatic carbocycles. The molecular weight excluding hydrogens is 202 g/mol. The van der Waals surface area contributed by atoms with E-state index in [1.165, 1.54) is 6.92 Å². The topological polar surface area (TPSA) is 44.4 Å². The number of benzene rings is 1. The van der Waals surface area contributed by atoms with E-state index in [-0.39, 0.29) is 5.91 Å². The van der Waals surface area contributed by atoms with E-state index in [4.69, 9.17) is 0 Å². The Bertz CT molecular complexity index is 372. The number of carbonyl (C=O) groups excluding carboxylic acids is 1. The van der Waals surface area contributed by atoms with Crippen LogP contribution in [0.2, 0.25) is 0 Å². The highest BCUT2D eigenvalue weighted by atomic mass is 16.1. The highest BCUT2D eigenvalue weighted by Gasteiger charge is 2.13. The molecule has 0 unspecified atom stereocenters. The van der Waals surface area contributed by atoms with E-state index in [9.17, 15) is 4.79 Å². The van der Waals surface area contributed by atoms with Crippen molar-refractivity contribution in [1.29, 1.82) is 0 Å². The average molecular weight is 219 g/mol. The first-order valence-electron chi connectivity index (χ1n) is 5.59. The summed E-state index contributed by atoms with van der Waals surface area (Å²) in [6, 6.07) is 7.94. The third-order valence-electron chi connectivity index (χ3n) is 2.67. The van der Waals surface area contributed by atoms with Crippen molar-refractivity contribution >= 4 is 17.3 Å². The van der Waals surface area contributed by atoms with Gasteiger partial charge in [-0.2, -0.15) is 0 Å². The monoisotopic (exact) mass is 219 g/mol. The van der Waals surface area contributed by atoms with E-state index in [1.54, 1.807) is 0 Å². The number of amides is 1. The second-order valence-corrected chi connectivity index (χ2v) is 3.94. The number of carbonyl (C=O) groups is 1. The van der Waals surface area contributed by atoms with Crippen LogP contribution >= 0.6 is 0 Å². The lowest BCUT2D eigenvalue weighted by Crippen LogP contribution is -2.43. The number of nitrogens with one attached hydrogen (secondary N) is 2. The lowest BCUT2D eigenvalue weighted by atomic mass is 10.2. The molecule has 1 amide bonds. The zero-order chi connectivity index (χ0) is 11.4. The average Bonchev–Trinajstić information content (AvgIpc) is 2.30. The van der Waals surface area contributed by atoms with Gasteiger partial charge in [0, 0.05) is 33.1 Å². The van der Waals surface area contributed by atoms with Gasteiger partial charge in [0.05, 0.1) is 11.4 Å². The summed E-state index contributed by atoms with van der Waals surface area (Å²) in [5, 5.41) is 6.19. The van der Waals surface area contributed by atoms with Crippen molar-refractivity contribution in [2.45, 2.75) is 6.92 Å². The van der Waals surface area contributed by atoms with Gasteiger partial charge in [0.25, 0.3) is 0 Å². The molecule has 2 rings (SSSR count). The van der Waals surface area contributed by atoms with Crippen LogP contribution in [-0.4, -0.2) is 32.1 Å². The third kappa shape index (κ3) is 2.52. The molecule has 1 saturated heterocycles. The molecule has 0 bridgehead atoms. The third-order valence-corrected chi connectivity index (χ3v) is 2.67. The zero-order valence-corrected chi connectivity index (χ0v) is 9.49. The zero-order valence-electron chi connectivity index (χ0n) is 9.49. The summed E-state index contributed by atoms with van der Waals surface area (Å²) in [5.74, 6) is -0.0254. The molecule has 16 heavy (non-hydrogen) atoms. The quantitative estimate of drug-likeness (QED) is 0.781. The lowest BCUT2D eigenvalue weighted by Gasteiger charge is -2.31. The van der Waals surface area contributed by atoms with Gasteiger partial charge in [-0.3, -0.25) is 4.79 Å². The minimum absolute atomic E-state index is 0.0254.